The Labute approximate surface area is 134 Å². The fraction of sp³-hybridized carbons (Fsp3) is 0.111. The van der Waals surface area contributed by atoms with Crippen molar-refractivity contribution in [3.63, 3.8) is 0 Å². The summed E-state index contributed by atoms with van der Waals surface area (Å²) < 4.78 is 5.71. The van der Waals surface area contributed by atoms with Crippen LogP contribution >= 0.6 is 0 Å². The van der Waals surface area contributed by atoms with Gasteiger partial charge in [-0.15, -0.1) is 0 Å². The molecule has 0 saturated carbocycles. The van der Waals surface area contributed by atoms with Crippen LogP contribution in [0.1, 0.15) is 21.5 Å². The lowest BCUT2D eigenvalue weighted by Gasteiger charge is -2.05. The van der Waals surface area contributed by atoms with Gasteiger partial charge in [-0.25, -0.2) is 4.98 Å². The monoisotopic (exact) mass is 307 g/mol. The zero-order chi connectivity index (χ0) is 16.4. The highest BCUT2D eigenvalue weighted by atomic mass is 16.4. The van der Waals surface area contributed by atoms with Crippen LogP contribution in [0.25, 0.3) is 11.3 Å². The number of nitrogens with zero attached hydrogens (tertiary/aromatic N) is 1. The van der Waals surface area contributed by atoms with Crippen molar-refractivity contribution in [1.29, 1.82) is 0 Å². The SMILES string of the molecule is Cc1ccc(Nc2ncc(-c3ccc(C(N)=O)cc3)o2)cc1C. The minimum atomic E-state index is -0.453. The molecule has 0 saturated heterocycles. The molecule has 116 valence electrons. The molecule has 3 aromatic rings. The molecule has 1 heterocycles. The first-order valence-corrected chi connectivity index (χ1v) is 7.23. The van der Waals surface area contributed by atoms with Gasteiger partial charge in [-0.3, -0.25) is 4.79 Å². The van der Waals surface area contributed by atoms with Gasteiger partial charge in [0.05, 0.1) is 6.20 Å². The van der Waals surface area contributed by atoms with E-state index in [9.17, 15) is 4.79 Å². The molecule has 2 aromatic carbocycles. The fourth-order valence-electron chi connectivity index (χ4n) is 2.21. The van der Waals surface area contributed by atoms with E-state index in [2.05, 4.69) is 24.1 Å². The molecule has 0 spiro atoms. The Kier molecular flexibility index (Phi) is 3.85. The summed E-state index contributed by atoms with van der Waals surface area (Å²) in [5.74, 6) is 0.165. The molecule has 5 nitrogen and oxygen atoms in total. The number of benzene rings is 2. The third-order valence-electron chi connectivity index (χ3n) is 3.72. The second-order valence-corrected chi connectivity index (χ2v) is 5.40. The summed E-state index contributed by atoms with van der Waals surface area (Å²) in [7, 11) is 0. The molecule has 0 aliphatic carbocycles. The largest absolute Gasteiger partial charge is 0.423 e. The first-order valence-electron chi connectivity index (χ1n) is 7.23. The van der Waals surface area contributed by atoms with Crippen molar-refractivity contribution >= 4 is 17.6 Å². The molecule has 0 aliphatic rings. The van der Waals surface area contributed by atoms with Gasteiger partial charge in [-0.2, -0.15) is 0 Å². The van der Waals surface area contributed by atoms with Gasteiger partial charge in [0.15, 0.2) is 5.76 Å². The molecule has 3 N–H and O–H groups in total. The van der Waals surface area contributed by atoms with Crippen LogP contribution in [0, 0.1) is 13.8 Å². The zero-order valence-electron chi connectivity index (χ0n) is 13.0. The average molecular weight is 307 g/mol. The minimum Gasteiger partial charge on any atom is -0.423 e. The second kappa shape index (κ2) is 5.96. The zero-order valence-corrected chi connectivity index (χ0v) is 13.0. The maximum absolute atomic E-state index is 11.1. The summed E-state index contributed by atoms with van der Waals surface area (Å²) in [6.45, 7) is 4.12. The highest BCUT2D eigenvalue weighted by molar-refractivity contribution is 5.93. The molecule has 0 bridgehead atoms. The van der Waals surface area contributed by atoms with Crippen LogP contribution in [0.4, 0.5) is 11.7 Å². The lowest BCUT2D eigenvalue weighted by Crippen LogP contribution is -2.10. The molecule has 5 heteroatoms. The fourth-order valence-corrected chi connectivity index (χ4v) is 2.21. The predicted molar refractivity (Wildman–Crippen MR) is 89.7 cm³/mol. The van der Waals surface area contributed by atoms with E-state index < -0.39 is 5.91 Å². The van der Waals surface area contributed by atoms with E-state index in [1.807, 2.05) is 18.2 Å². The van der Waals surface area contributed by atoms with Gasteiger partial charge in [-0.1, -0.05) is 18.2 Å². The van der Waals surface area contributed by atoms with Gasteiger partial charge in [0.2, 0.25) is 5.91 Å². The number of amides is 1. The van der Waals surface area contributed by atoms with E-state index in [4.69, 9.17) is 10.2 Å². The van der Waals surface area contributed by atoms with E-state index in [1.165, 1.54) is 11.1 Å². The Morgan fingerprint density at radius 2 is 1.83 bits per heavy atom. The van der Waals surface area contributed by atoms with E-state index in [0.717, 1.165) is 11.3 Å². The number of nitrogens with two attached hydrogens (primary N) is 1. The van der Waals surface area contributed by atoms with Gasteiger partial charge in [0, 0.05) is 16.8 Å². The first-order chi connectivity index (χ1) is 11.0. The number of anilines is 2. The van der Waals surface area contributed by atoms with Crippen molar-refractivity contribution in [1.82, 2.24) is 4.98 Å². The van der Waals surface area contributed by atoms with Crippen molar-refractivity contribution < 1.29 is 9.21 Å². The molecular formula is C18H17N3O2. The summed E-state index contributed by atoms with van der Waals surface area (Å²) in [6, 6.07) is 13.4. The molecule has 23 heavy (non-hydrogen) atoms. The molecule has 3 rings (SSSR count). The number of hydrogen-bond donors (Lipinski definition) is 2. The van der Waals surface area contributed by atoms with E-state index >= 15 is 0 Å². The summed E-state index contributed by atoms with van der Waals surface area (Å²) in [6.07, 6.45) is 1.64. The topological polar surface area (TPSA) is 81.1 Å². The van der Waals surface area contributed by atoms with Gasteiger partial charge < -0.3 is 15.5 Å². The maximum atomic E-state index is 11.1. The quantitative estimate of drug-likeness (QED) is 0.768. The smallest absolute Gasteiger partial charge is 0.299 e. The van der Waals surface area contributed by atoms with E-state index in [0.29, 0.717) is 17.3 Å². The molecule has 0 unspecified atom stereocenters. The maximum Gasteiger partial charge on any atom is 0.299 e. The lowest BCUT2D eigenvalue weighted by molar-refractivity contribution is 0.100. The Morgan fingerprint density at radius 1 is 1.09 bits per heavy atom. The minimum absolute atomic E-state index is 0.419. The summed E-state index contributed by atoms with van der Waals surface area (Å²) in [5.41, 5.74) is 9.87. The second-order valence-electron chi connectivity index (χ2n) is 5.40. The highest BCUT2D eigenvalue weighted by Crippen LogP contribution is 2.25. The summed E-state index contributed by atoms with van der Waals surface area (Å²) >= 11 is 0. The number of hydrogen-bond acceptors (Lipinski definition) is 4. The number of oxazole rings is 1. The van der Waals surface area contributed by atoms with E-state index in [-0.39, 0.29) is 0 Å². The van der Waals surface area contributed by atoms with Crippen LogP contribution in [-0.4, -0.2) is 10.9 Å². The summed E-state index contributed by atoms with van der Waals surface area (Å²) in [4.78, 5) is 15.3. The third kappa shape index (κ3) is 3.23. The Morgan fingerprint density at radius 3 is 2.48 bits per heavy atom. The normalized spacial score (nSPS) is 10.5. The Hall–Kier alpha value is -3.08. The lowest BCUT2D eigenvalue weighted by atomic mass is 10.1. The number of aromatic nitrogens is 1. The number of primary amides is 1. The van der Waals surface area contributed by atoms with Crippen LogP contribution < -0.4 is 11.1 Å². The van der Waals surface area contributed by atoms with Crippen LogP contribution in [0.15, 0.2) is 53.1 Å². The third-order valence-corrected chi connectivity index (χ3v) is 3.72. The number of carbonyl (C=O) groups excluding carboxylic acids is 1. The van der Waals surface area contributed by atoms with Crippen molar-refractivity contribution in [2.24, 2.45) is 5.73 Å². The molecule has 1 amide bonds. The van der Waals surface area contributed by atoms with Crippen molar-refractivity contribution in [3.05, 3.63) is 65.4 Å². The number of carbonyl (C=O) groups is 1. The molecule has 0 radical (unpaired) electrons. The number of aryl methyl sites for hydroxylation is 2. The Bertz CT molecular complexity index is 851. The molecule has 1 aromatic heterocycles. The molecule has 0 aliphatic heterocycles. The van der Waals surface area contributed by atoms with Crippen LogP contribution in [0.5, 0.6) is 0 Å². The van der Waals surface area contributed by atoms with Crippen LogP contribution in [-0.2, 0) is 0 Å². The predicted octanol–water partition coefficient (Wildman–Crippen LogP) is 3.80. The number of nitrogens with one attached hydrogen (secondary N) is 1. The van der Waals surface area contributed by atoms with Gasteiger partial charge in [0.1, 0.15) is 0 Å². The van der Waals surface area contributed by atoms with Crippen molar-refractivity contribution in [3.8, 4) is 11.3 Å². The number of rotatable bonds is 4. The van der Waals surface area contributed by atoms with Crippen LogP contribution in [0.2, 0.25) is 0 Å². The first kappa shape index (κ1) is 14.8. The van der Waals surface area contributed by atoms with E-state index in [1.54, 1.807) is 30.5 Å². The standard InChI is InChI=1S/C18H17N3O2/c1-11-3-8-15(9-12(11)2)21-18-20-10-16(23-18)13-4-6-14(7-5-13)17(19)22/h3-10H,1-2H3,(H2,19,22)(H,20,21). The van der Waals surface area contributed by atoms with Crippen LogP contribution in [0.3, 0.4) is 0 Å². The Balaban J connectivity index is 1.79. The van der Waals surface area contributed by atoms with Crippen molar-refractivity contribution in [2.45, 2.75) is 13.8 Å². The molecule has 0 atom stereocenters. The molecular weight excluding hydrogens is 290 g/mol. The highest BCUT2D eigenvalue weighted by Gasteiger charge is 2.08. The van der Waals surface area contributed by atoms with Crippen molar-refractivity contribution in [2.75, 3.05) is 5.32 Å². The van der Waals surface area contributed by atoms with Gasteiger partial charge in [0.25, 0.3) is 6.01 Å². The van der Waals surface area contributed by atoms with Gasteiger partial charge in [-0.05, 0) is 49.2 Å². The molecule has 0 fully saturated rings. The van der Waals surface area contributed by atoms with Gasteiger partial charge >= 0.3 is 0 Å². The average Bonchev–Trinajstić information content (AvgIpc) is 2.99. The summed E-state index contributed by atoms with van der Waals surface area (Å²) in [5, 5.41) is 3.14.